The molecule has 0 atom stereocenters. The zero-order chi connectivity index (χ0) is 19.5. The van der Waals surface area contributed by atoms with Crippen molar-refractivity contribution in [3.63, 3.8) is 0 Å². The molecule has 2 aromatic carbocycles. The van der Waals surface area contributed by atoms with Gasteiger partial charge in [-0.3, -0.25) is 0 Å². The molecule has 0 spiro atoms. The molecule has 0 radical (unpaired) electrons. The number of rotatable bonds is 7. The van der Waals surface area contributed by atoms with E-state index in [2.05, 4.69) is 15.3 Å². The summed E-state index contributed by atoms with van der Waals surface area (Å²) in [6.45, 7) is 1.96. The highest BCUT2D eigenvalue weighted by Crippen LogP contribution is 2.14. The Hall–Kier alpha value is -3.61. The highest BCUT2D eigenvalue weighted by molar-refractivity contribution is 5.89. The van der Waals surface area contributed by atoms with Crippen molar-refractivity contribution in [2.75, 3.05) is 13.7 Å². The van der Waals surface area contributed by atoms with Gasteiger partial charge in [-0.15, -0.1) is 0 Å². The van der Waals surface area contributed by atoms with E-state index in [4.69, 9.17) is 9.47 Å². The summed E-state index contributed by atoms with van der Waals surface area (Å²) in [5, 5.41) is 3.76. The van der Waals surface area contributed by atoms with Crippen LogP contribution in [0.25, 0.3) is 6.08 Å². The Bertz CT molecular complexity index is 829. The molecule has 0 aliphatic heterocycles. The lowest BCUT2D eigenvalue weighted by Gasteiger charge is -2.03. The van der Waals surface area contributed by atoms with Crippen LogP contribution in [0.4, 0.5) is 4.79 Å². The Morgan fingerprint density at radius 3 is 2.56 bits per heavy atom. The molecule has 2 aromatic rings. The standard InChI is InChI=1S/C20H20N2O5/c1-3-26-20(24)22-21-14-16-5-4-6-18(13-16)27-19(23)12-9-15-7-10-17(25-2)11-8-15/h4-14H,3H2,1-2H3,(H,22,24)/b12-9+,21-14?. The lowest BCUT2D eigenvalue weighted by molar-refractivity contribution is -0.128. The Kier molecular flexibility index (Phi) is 7.59. The Balaban J connectivity index is 1.92. The molecule has 0 heterocycles. The molecule has 0 saturated carbocycles. The Morgan fingerprint density at radius 1 is 1.07 bits per heavy atom. The maximum Gasteiger partial charge on any atom is 0.427 e. The van der Waals surface area contributed by atoms with E-state index in [1.165, 1.54) is 12.3 Å². The molecule has 1 N–H and O–H groups in total. The van der Waals surface area contributed by atoms with Crippen LogP contribution in [0.2, 0.25) is 0 Å². The van der Waals surface area contributed by atoms with Gasteiger partial charge >= 0.3 is 12.1 Å². The molecular formula is C20H20N2O5. The van der Waals surface area contributed by atoms with Crippen molar-refractivity contribution < 1.29 is 23.8 Å². The third kappa shape index (κ3) is 7.03. The van der Waals surface area contributed by atoms with E-state index in [9.17, 15) is 9.59 Å². The predicted molar refractivity (Wildman–Crippen MR) is 102 cm³/mol. The molecule has 0 fully saturated rings. The van der Waals surface area contributed by atoms with Crippen molar-refractivity contribution in [1.29, 1.82) is 0 Å². The van der Waals surface area contributed by atoms with Gasteiger partial charge in [-0.2, -0.15) is 5.10 Å². The number of esters is 1. The second-order valence-corrected chi connectivity index (χ2v) is 5.19. The Morgan fingerprint density at radius 2 is 1.85 bits per heavy atom. The van der Waals surface area contributed by atoms with Crippen molar-refractivity contribution in [1.82, 2.24) is 5.43 Å². The fourth-order valence-corrected chi connectivity index (χ4v) is 2.01. The van der Waals surface area contributed by atoms with Crippen LogP contribution in [0.5, 0.6) is 11.5 Å². The van der Waals surface area contributed by atoms with Crippen molar-refractivity contribution in [3.8, 4) is 11.5 Å². The first-order chi connectivity index (χ1) is 13.1. The molecule has 0 unspecified atom stereocenters. The smallest absolute Gasteiger partial charge is 0.427 e. The molecule has 1 amide bonds. The monoisotopic (exact) mass is 368 g/mol. The number of methoxy groups -OCH3 is 1. The number of hydrazone groups is 1. The third-order valence-electron chi connectivity index (χ3n) is 3.25. The minimum absolute atomic E-state index is 0.261. The SMILES string of the molecule is CCOC(=O)NN=Cc1cccc(OC(=O)/C=C/c2ccc(OC)cc2)c1. The van der Waals surface area contributed by atoms with Crippen molar-refractivity contribution in [2.45, 2.75) is 6.92 Å². The van der Waals surface area contributed by atoms with Crippen LogP contribution in [-0.4, -0.2) is 32.0 Å². The van der Waals surface area contributed by atoms with Gasteiger partial charge in [0.25, 0.3) is 0 Å². The summed E-state index contributed by atoms with van der Waals surface area (Å²) in [6.07, 6.45) is 3.77. The normalized spacial score (nSPS) is 10.7. The van der Waals surface area contributed by atoms with E-state index >= 15 is 0 Å². The van der Waals surface area contributed by atoms with Gasteiger partial charge in [0, 0.05) is 6.08 Å². The second-order valence-electron chi connectivity index (χ2n) is 5.19. The average molecular weight is 368 g/mol. The van der Waals surface area contributed by atoms with E-state index in [0.29, 0.717) is 11.3 Å². The van der Waals surface area contributed by atoms with Crippen LogP contribution in [0.3, 0.4) is 0 Å². The summed E-state index contributed by atoms with van der Waals surface area (Å²) in [5.74, 6) is 0.592. The molecule has 0 saturated heterocycles. The number of carbonyl (C=O) groups excluding carboxylic acids is 2. The maximum absolute atomic E-state index is 12.0. The fraction of sp³-hybridized carbons (Fsp3) is 0.150. The molecular weight excluding hydrogens is 348 g/mol. The molecule has 27 heavy (non-hydrogen) atoms. The zero-order valence-electron chi connectivity index (χ0n) is 15.0. The average Bonchev–Trinajstić information content (AvgIpc) is 2.67. The van der Waals surface area contributed by atoms with E-state index in [1.807, 2.05) is 12.1 Å². The van der Waals surface area contributed by atoms with Crippen molar-refractivity contribution in [2.24, 2.45) is 5.10 Å². The fourth-order valence-electron chi connectivity index (χ4n) is 2.01. The first-order valence-electron chi connectivity index (χ1n) is 8.20. The number of nitrogens with one attached hydrogen (secondary N) is 1. The quantitative estimate of drug-likeness (QED) is 0.266. The van der Waals surface area contributed by atoms with Crippen LogP contribution >= 0.6 is 0 Å². The van der Waals surface area contributed by atoms with Gasteiger partial charge in [-0.05, 0) is 48.4 Å². The van der Waals surface area contributed by atoms with Gasteiger partial charge in [-0.25, -0.2) is 15.0 Å². The van der Waals surface area contributed by atoms with Crippen LogP contribution in [0.1, 0.15) is 18.1 Å². The number of carbonyl (C=O) groups is 2. The van der Waals surface area contributed by atoms with Crippen LogP contribution in [-0.2, 0) is 9.53 Å². The molecule has 7 heteroatoms. The van der Waals surface area contributed by atoms with Crippen molar-refractivity contribution >= 4 is 24.4 Å². The van der Waals surface area contributed by atoms with E-state index in [1.54, 1.807) is 56.5 Å². The van der Waals surface area contributed by atoms with E-state index < -0.39 is 12.1 Å². The minimum Gasteiger partial charge on any atom is -0.497 e. The number of hydrogen-bond acceptors (Lipinski definition) is 6. The number of amides is 1. The molecule has 0 bridgehead atoms. The van der Waals surface area contributed by atoms with Gasteiger partial charge in [0.05, 0.1) is 19.9 Å². The topological polar surface area (TPSA) is 86.2 Å². The van der Waals surface area contributed by atoms with Crippen LogP contribution in [0, 0.1) is 0 Å². The Labute approximate surface area is 157 Å². The lowest BCUT2D eigenvalue weighted by atomic mass is 10.2. The van der Waals surface area contributed by atoms with Gasteiger partial charge in [0.1, 0.15) is 11.5 Å². The summed E-state index contributed by atoms with van der Waals surface area (Å²) >= 11 is 0. The highest BCUT2D eigenvalue weighted by Gasteiger charge is 2.02. The highest BCUT2D eigenvalue weighted by atomic mass is 16.6. The van der Waals surface area contributed by atoms with E-state index in [-0.39, 0.29) is 6.61 Å². The predicted octanol–water partition coefficient (Wildman–Crippen LogP) is 3.39. The first kappa shape index (κ1) is 19.7. The summed E-state index contributed by atoms with van der Waals surface area (Å²) in [4.78, 5) is 23.1. The summed E-state index contributed by atoms with van der Waals surface area (Å²) in [5.41, 5.74) is 3.71. The third-order valence-corrected chi connectivity index (χ3v) is 3.25. The molecule has 0 aliphatic rings. The molecule has 7 nitrogen and oxygen atoms in total. The molecule has 0 aromatic heterocycles. The summed E-state index contributed by atoms with van der Waals surface area (Å²) in [6, 6.07) is 14.0. The van der Waals surface area contributed by atoms with Gasteiger partial charge < -0.3 is 14.2 Å². The zero-order valence-corrected chi connectivity index (χ0v) is 15.0. The second kappa shape index (κ2) is 10.4. The summed E-state index contributed by atoms with van der Waals surface area (Å²) < 4.78 is 15.0. The van der Waals surface area contributed by atoms with Gasteiger partial charge in [-0.1, -0.05) is 24.3 Å². The number of nitrogens with zero attached hydrogens (tertiary/aromatic N) is 1. The van der Waals surface area contributed by atoms with E-state index in [0.717, 1.165) is 11.3 Å². The molecule has 140 valence electrons. The van der Waals surface area contributed by atoms with Crippen LogP contribution < -0.4 is 14.9 Å². The lowest BCUT2D eigenvalue weighted by Crippen LogP contribution is -2.18. The molecule has 2 rings (SSSR count). The maximum atomic E-state index is 12.0. The summed E-state index contributed by atoms with van der Waals surface area (Å²) in [7, 11) is 1.59. The number of benzene rings is 2. The first-order valence-corrected chi connectivity index (χ1v) is 8.20. The molecule has 0 aliphatic carbocycles. The largest absolute Gasteiger partial charge is 0.497 e. The van der Waals surface area contributed by atoms with Gasteiger partial charge in [0.15, 0.2) is 0 Å². The number of ether oxygens (including phenoxy) is 3. The van der Waals surface area contributed by atoms with Crippen molar-refractivity contribution in [3.05, 3.63) is 65.7 Å². The van der Waals surface area contributed by atoms with Crippen LogP contribution in [0.15, 0.2) is 59.7 Å². The van der Waals surface area contributed by atoms with Gasteiger partial charge in [0.2, 0.25) is 0 Å². The minimum atomic E-state index is -0.639. The number of hydrogen-bond donors (Lipinski definition) is 1.